The Kier molecular flexibility index (Phi) is 5.10. The Bertz CT molecular complexity index is 715. The molecule has 0 spiro atoms. The molecule has 1 aromatic heterocycles. The van der Waals surface area contributed by atoms with Gasteiger partial charge in [0.2, 0.25) is 0 Å². The van der Waals surface area contributed by atoms with E-state index in [-0.39, 0.29) is 0 Å². The predicted molar refractivity (Wildman–Crippen MR) is 92.6 cm³/mol. The first-order chi connectivity index (χ1) is 11.7. The van der Waals surface area contributed by atoms with Gasteiger partial charge in [0.15, 0.2) is 17.5 Å². The first-order valence-corrected chi connectivity index (χ1v) is 7.95. The number of hydrogen-bond acceptors (Lipinski definition) is 5. The number of nitrogens with one attached hydrogen (secondary N) is 1. The molecule has 2 heterocycles. The number of hydrogen-bond donors (Lipinski definition) is 2. The molecule has 7 nitrogen and oxygen atoms in total. The molecular formula is C17H21N5O2. The van der Waals surface area contributed by atoms with Gasteiger partial charge in [0, 0.05) is 43.5 Å². The number of rotatable bonds is 4. The highest BCUT2D eigenvalue weighted by atomic mass is 16.5. The van der Waals surface area contributed by atoms with E-state index in [0.29, 0.717) is 32.1 Å². The Balaban J connectivity index is 1.56. The van der Waals surface area contributed by atoms with Crippen molar-refractivity contribution < 1.29 is 9.47 Å². The summed E-state index contributed by atoms with van der Waals surface area (Å²) in [7, 11) is 0. The minimum Gasteiger partial charge on any atom is -0.490 e. The van der Waals surface area contributed by atoms with E-state index in [1.54, 1.807) is 12.4 Å². The van der Waals surface area contributed by atoms with Gasteiger partial charge in [0.1, 0.15) is 0 Å². The Morgan fingerprint density at radius 3 is 2.83 bits per heavy atom. The largest absolute Gasteiger partial charge is 0.490 e. The van der Waals surface area contributed by atoms with Crippen LogP contribution in [0.4, 0.5) is 5.69 Å². The summed E-state index contributed by atoms with van der Waals surface area (Å²) >= 11 is 0. The van der Waals surface area contributed by atoms with Crippen LogP contribution in [-0.4, -0.2) is 35.7 Å². The smallest absolute Gasteiger partial charge is 0.193 e. The van der Waals surface area contributed by atoms with Gasteiger partial charge in [0.05, 0.1) is 24.6 Å². The van der Waals surface area contributed by atoms with Crippen molar-refractivity contribution in [3.05, 3.63) is 42.0 Å². The Morgan fingerprint density at radius 1 is 1.21 bits per heavy atom. The highest BCUT2D eigenvalue weighted by molar-refractivity contribution is 5.92. The molecule has 0 fully saturated rings. The monoisotopic (exact) mass is 327 g/mol. The number of guanidine groups is 1. The third-order valence-corrected chi connectivity index (χ3v) is 3.50. The van der Waals surface area contributed by atoms with Crippen LogP contribution in [0, 0.1) is 6.92 Å². The Morgan fingerprint density at radius 2 is 2.04 bits per heavy atom. The highest BCUT2D eigenvalue weighted by Crippen LogP contribution is 2.32. The molecule has 126 valence electrons. The number of nitrogens with zero attached hydrogens (tertiary/aromatic N) is 3. The second-order valence-electron chi connectivity index (χ2n) is 5.50. The van der Waals surface area contributed by atoms with E-state index < -0.39 is 0 Å². The summed E-state index contributed by atoms with van der Waals surface area (Å²) in [4.78, 5) is 12.8. The summed E-state index contributed by atoms with van der Waals surface area (Å²) in [6, 6.07) is 5.63. The standard InChI is InChI=1S/C17H21N5O2/c1-12-10-21-14(11-20-12)5-6-19-17(18)22-13-3-4-15-16(9-13)24-8-2-7-23-15/h3-4,9-11H,2,5-8H2,1H3,(H3,18,19,22). The van der Waals surface area contributed by atoms with E-state index in [4.69, 9.17) is 15.2 Å². The molecule has 0 amide bonds. The number of aliphatic imine (C=N–C) groups is 1. The van der Waals surface area contributed by atoms with Crippen molar-refractivity contribution in [2.24, 2.45) is 10.7 Å². The van der Waals surface area contributed by atoms with E-state index in [1.165, 1.54) is 0 Å². The topological polar surface area (TPSA) is 94.7 Å². The Labute approximate surface area is 140 Å². The summed E-state index contributed by atoms with van der Waals surface area (Å²) in [5.41, 5.74) is 8.54. The maximum absolute atomic E-state index is 5.93. The molecular weight excluding hydrogens is 306 g/mol. The van der Waals surface area contributed by atoms with Gasteiger partial charge >= 0.3 is 0 Å². The minimum absolute atomic E-state index is 0.351. The highest BCUT2D eigenvalue weighted by Gasteiger charge is 2.10. The van der Waals surface area contributed by atoms with Crippen LogP contribution in [0.2, 0.25) is 0 Å². The minimum atomic E-state index is 0.351. The molecule has 3 N–H and O–H groups in total. The van der Waals surface area contributed by atoms with Crippen molar-refractivity contribution in [3.63, 3.8) is 0 Å². The summed E-state index contributed by atoms with van der Waals surface area (Å²) < 4.78 is 11.3. The fourth-order valence-electron chi connectivity index (χ4n) is 2.27. The second-order valence-corrected chi connectivity index (χ2v) is 5.50. The molecule has 1 aliphatic rings. The van der Waals surface area contributed by atoms with Crippen molar-refractivity contribution in [1.29, 1.82) is 0 Å². The van der Waals surface area contributed by atoms with E-state index in [0.717, 1.165) is 35.0 Å². The average molecular weight is 327 g/mol. The van der Waals surface area contributed by atoms with Crippen molar-refractivity contribution in [2.45, 2.75) is 19.8 Å². The molecule has 0 saturated heterocycles. The molecule has 0 atom stereocenters. The number of ether oxygens (including phenoxy) is 2. The predicted octanol–water partition coefficient (Wildman–Crippen LogP) is 1.92. The summed E-state index contributed by atoms with van der Waals surface area (Å²) in [5, 5.41) is 3.06. The van der Waals surface area contributed by atoms with Crippen LogP contribution in [0.5, 0.6) is 11.5 Å². The summed E-state index contributed by atoms with van der Waals surface area (Å²) in [6.07, 6.45) is 5.08. The lowest BCUT2D eigenvalue weighted by Gasteiger charge is -2.10. The maximum atomic E-state index is 5.93. The first-order valence-electron chi connectivity index (χ1n) is 7.95. The zero-order valence-corrected chi connectivity index (χ0v) is 13.7. The van der Waals surface area contributed by atoms with E-state index in [9.17, 15) is 0 Å². The van der Waals surface area contributed by atoms with Crippen molar-refractivity contribution in [3.8, 4) is 11.5 Å². The van der Waals surface area contributed by atoms with Crippen molar-refractivity contribution in [1.82, 2.24) is 9.97 Å². The third kappa shape index (κ3) is 4.34. The number of benzene rings is 1. The average Bonchev–Trinajstić information content (AvgIpc) is 2.81. The summed E-state index contributed by atoms with van der Waals surface area (Å²) in [5.74, 6) is 1.83. The number of aryl methyl sites for hydroxylation is 1. The normalized spacial score (nSPS) is 14.1. The molecule has 1 aliphatic heterocycles. The summed E-state index contributed by atoms with van der Waals surface area (Å²) in [6.45, 7) is 3.77. The molecule has 0 bridgehead atoms. The number of fused-ring (bicyclic) bond motifs is 1. The van der Waals surface area contributed by atoms with Gasteiger partial charge < -0.3 is 20.5 Å². The molecule has 2 aromatic rings. The van der Waals surface area contributed by atoms with E-state index in [1.807, 2.05) is 25.1 Å². The Hall–Kier alpha value is -2.83. The van der Waals surface area contributed by atoms with Crippen LogP contribution < -0.4 is 20.5 Å². The zero-order chi connectivity index (χ0) is 16.8. The molecule has 7 heteroatoms. The SMILES string of the molecule is Cc1cnc(CCN=C(N)Nc2ccc3c(c2)OCCCO3)cn1. The first kappa shape index (κ1) is 16.0. The van der Waals surface area contributed by atoms with Crippen molar-refractivity contribution in [2.75, 3.05) is 25.1 Å². The lowest BCUT2D eigenvalue weighted by Crippen LogP contribution is -2.23. The van der Waals surface area contributed by atoms with Crippen molar-refractivity contribution >= 4 is 11.6 Å². The third-order valence-electron chi connectivity index (χ3n) is 3.50. The van der Waals surface area contributed by atoms with Gasteiger partial charge in [-0.1, -0.05) is 0 Å². The van der Waals surface area contributed by atoms with E-state index in [2.05, 4.69) is 20.3 Å². The van der Waals surface area contributed by atoms with Gasteiger partial charge in [-0.25, -0.2) is 0 Å². The fourth-order valence-corrected chi connectivity index (χ4v) is 2.27. The number of nitrogens with two attached hydrogens (primary N) is 1. The molecule has 1 aromatic carbocycles. The van der Waals surface area contributed by atoms with Gasteiger partial charge in [-0.3, -0.25) is 15.0 Å². The van der Waals surface area contributed by atoms with Gasteiger partial charge in [-0.2, -0.15) is 0 Å². The maximum Gasteiger partial charge on any atom is 0.193 e. The van der Waals surface area contributed by atoms with E-state index >= 15 is 0 Å². The molecule has 24 heavy (non-hydrogen) atoms. The molecule has 0 radical (unpaired) electrons. The molecule has 0 saturated carbocycles. The van der Waals surface area contributed by atoms with Crippen LogP contribution in [0.3, 0.4) is 0 Å². The van der Waals surface area contributed by atoms with Crippen LogP contribution in [0.1, 0.15) is 17.8 Å². The molecule has 3 rings (SSSR count). The number of aromatic nitrogens is 2. The van der Waals surface area contributed by atoms with Crippen LogP contribution in [0.25, 0.3) is 0 Å². The number of anilines is 1. The molecule has 0 aliphatic carbocycles. The van der Waals surface area contributed by atoms with Crippen LogP contribution in [0.15, 0.2) is 35.6 Å². The lowest BCUT2D eigenvalue weighted by atomic mass is 10.3. The van der Waals surface area contributed by atoms with Crippen LogP contribution >= 0.6 is 0 Å². The molecule has 0 unspecified atom stereocenters. The fraction of sp³-hybridized carbons (Fsp3) is 0.353. The zero-order valence-electron chi connectivity index (χ0n) is 13.7. The van der Waals surface area contributed by atoms with Gasteiger partial charge in [-0.15, -0.1) is 0 Å². The van der Waals surface area contributed by atoms with Crippen LogP contribution in [-0.2, 0) is 6.42 Å². The quantitative estimate of drug-likeness (QED) is 0.658. The second kappa shape index (κ2) is 7.63. The van der Waals surface area contributed by atoms with Gasteiger partial charge in [0.25, 0.3) is 0 Å². The van der Waals surface area contributed by atoms with Gasteiger partial charge in [-0.05, 0) is 19.1 Å². The lowest BCUT2D eigenvalue weighted by molar-refractivity contribution is 0.297.